The Labute approximate surface area is 121 Å². The second-order valence-electron chi connectivity index (χ2n) is 4.15. The topological polar surface area (TPSA) is 94.8 Å². The van der Waals surface area contributed by atoms with Crippen LogP contribution in [0.3, 0.4) is 0 Å². The Morgan fingerprint density at radius 1 is 1.29 bits per heavy atom. The Morgan fingerprint density at radius 2 is 2.00 bits per heavy atom. The normalized spacial score (nSPS) is 13.5. The van der Waals surface area contributed by atoms with Crippen molar-refractivity contribution in [3.63, 3.8) is 0 Å². The summed E-state index contributed by atoms with van der Waals surface area (Å²) in [4.78, 5) is 34.8. The van der Waals surface area contributed by atoms with Gasteiger partial charge in [-0.2, -0.15) is 0 Å². The molecule has 0 aliphatic carbocycles. The summed E-state index contributed by atoms with van der Waals surface area (Å²) in [7, 11) is 2.35. The third kappa shape index (κ3) is 4.79. The maximum absolute atomic E-state index is 11.7. The molecule has 0 bridgehead atoms. The summed E-state index contributed by atoms with van der Waals surface area (Å²) in [5.41, 5.74) is 0. The molecule has 0 fully saturated rings. The highest BCUT2D eigenvalue weighted by molar-refractivity contribution is 5.99. The second-order valence-corrected chi connectivity index (χ2v) is 4.15. The van der Waals surface area contributed by atoms with E-state index in [0.717, 1.165) is 0 Å². The average molecular weight is 295 g/mol. The molecule has 0 saturated heterocycles. The van der Waals surface area contributed by atoms with Gasteiger partial charge >= 0.3 is 12.1 Å². The smallest absolute Gasteiger partial charge is 0.407 e. The minimum absolute atomic E-state index is 0.438. The van der Waals surface area contributed by atoms with Gasteiger partial charge in [-0.25, -0.2) is 4.79 Å². The standard InChI is InChI=1S/C14H17NO6/c1-9(16)12(13(17)19-2)11(15-14(18)20-3)7-6-10-5-4-8-21-10/h4-8,11-12H,1-3H3,(H,15,18)/b7-6+/t11-,12?/m1/s1. The zero-order chi connectivity index (χ0) is 15.8. The first-order chi connectivity index (χ1) is 9.99. The molecule has 1 rings (SSSR count). The number of hydrogen-bond donors (Lipinski definition) is 1. The van der Waals surface area contributed by atoms with Crippen LogP contribution in [-0.4, -0.2) is 38.1 Å². The van der Waals surface area contributed by atoms with Crippen molar-refractivity contribution in [2.24, 2.45) is 5.92 Å². The van der Waals surface area contributed by atoms with E-state index >= 15 is 0 Å². The average Bonchev–Trinajstić information content (AvgIpc) is 2.97. The third-order valence-corrected chi connectivity index (χ3v) is 2.73. The van der Waals surface area contributed by atoms with Crippen molar-refractivity contribution in [1.82, 2.24) is 5.32 Å². The lowest BCUT2D eigenvalue weighted by Crippen LogP contribution is -2.45. The quantitative estimate of drug-likeness (QED) is 0.629. The molecular weight excluding hydrogens is 278 g/mol. The van der Waals surface area contributed by atoms with Crippen LogP contribution in [-0.2, 0) is 19.1 Å². The minimum Gasteiger partial charge on any atom is -0.468 e. The van der Waals surface area contributed by atoms with E-state index in [4.69, 9.17) is 4.42 Å². The number of nitrogens with one attached hydrogen (secondary N) is 1. The van der Waals surface area contributed by atoms with Crippen LogP contribution in [0.1, 0.15) is 12.7 Å². The fraction of sp³-hybridized carbons (Fsp3) is 0.357. The number of alkyl carbamates (subject to hydrolysis) is 1. The van der Waals surface area contributed by atoms with E-state index in [1.54, 1.807) is 18.2 Å². The molecule has 0 aromatic carbocycles. The van der Waals surface area contributed by atoms with Crippen LogP contribution >= 0.6 is 0 Å². The van der Waals surface area contributed by atoms with Crippen molar-refractivity contribution in [2.45, 2.75) is 13.0 Å². The predicted molar refractivity (Wildman–Crippen MR) is 73.3 cm³/mol. The van der Waals surface area contributed by atoms with E-state index in [1.807, 2.05) is 0 Å². The van der Waals surface area contributed by atoms with Gasteiger partial charge in [-0.1, -0.05) is 6.08 Å². The number of amides is 1. The maximum Gasteiger partial charge on any atom is 0.407 e. The van der Waals surface area contributed by atoms with Crippen molar-refractivity contribution < 1.29 is 28.3 Å². The van der Waals surface area contributed by atoms with E-state index in [9.17, 15) is 14.4 Å². The van der Waals surface area contributed by atoms with E-state index in [1.165, 1.54) is 33.5 Å². The lowest BCUT2D eigenvalue weighted by Gasteiger charge is -2.20. The van der Waals surface area contributed by atoms with Crippen molar-refractivity contribution in [1.29, 1.82) is 0 Å². The molecule has 0 aliphatic rings. The molecule has 1 unspecified atom stereocenters. The van der Waals surface area contributed by atoms with E-state index in [0.29, 0.717) is 5.76 Å². The van der Waals surface area contributed by atoms with Crippen molar-refractivity contribution >= 4 is 23.9 Å². The molecule has 114 valence electrons. The number of hydrogen-bond acceptors (Lipinski definition) is 6. The molecule has 1 amide bonds. The van der Waals surface area contributed by atoms with E-state index in [2.05, 4.69) is 14.8 Å². The van der Waals surface area contributed by atoms with Crippen LogP contribution < -0.4 is 5.32 Å². The first-order valence-electron chi connectivity index (χ1n) is 6.14. The van der Waals surface area contributed by atoms with Gasteiger partial charge in [-0.05, 0) is 25.1 Å². The molecule has 7 heteroatoms. The molecule has 7 nitrogen and oxygen atoms in total. The minimum atomic E-state index is -1.17. The monoisotopic (exact) mass is 295 g/mol. The number of ketones is 1. The predicted octanol–water partition coefficient (Wildman–Crippen LogP) is 1.40. The highest BCUT2D eigenvalue weighted by Crippen LogP contribution is 2.13. The summed E-state index contributed by atoms with van der Waals surface area (Å²) in [6, 6.07) is 2.46. The molecule has 0 radical (unpaired) electrons. The van der Waals surface area contributed by atoms with Crippen molar-refractivity contribution in [3.05, 3.63) is 30.2 Å². The summed E-state index contributed by atoms with van der Waals surface area (Å²) >= 11 is 0. The van der Waals surface area contributed by atoms with Crippen LogP contribution in [0.25, 0.3) is 6.08 Å². The van der Waals surface area contributed by atoms with Gasteiger partial charge in [0.2, 0.25) is 0 Å². The number of carbonyl (C=O) groups excluding carboxylic acids is 3. The number of Topliss-reactive ketones (excluding diaryl/α,β-unsaturated/α-hetero) is 1. The molecule has 1 aromatic heterocycles. The number of rotatable bonds is 6. The summed E-state index contributed by atoms with van der Waals surface area (Å²) in [6.07, 6.45) is 3.72. The van der Waals surface area contributed by atoms with Gasteiger partial charge < -0.3 is 19.2 Å². The molecule has 1 aromatic rings. The van der Waals surface area contributed by atoms with Gasteiger partial charge in [0, 0.05) is 0 Å². The molecule has 2 atom stereocenters. The van der Waals surface area contributed by atoms with Crippen LogP contribution in [0.4, 0.5) is 4.79 Å². The van der Waals surface area contributed by atoms with Gasteiger partial charge in [-0.15, -0.1) is 0 Å². The lowest BCUT2D eigenvalue weighted by atomic mass is 9.95. The Hall–Kier alpha value is -2.57. The highest BCUT2D eigenvalue weighted by atomic mass is 16.5. The first kappa shape index (κ1) is 16.5. The van der Waals surface area contributed by atoms with Crippen molar-refractivity contribution in [3.8, 4) is 0 Å². The number of carbonyl (C=O) groups is 3. The Morgan fingerprint density at radius 3 is 2.48 bits per heavy atom. The fourth-order valence-corrected chi connectivity index (χ4v) is 1.71. The SMILES string of the molecule is COC(=O)N[C@H](/C=C/c1ccco1)C(C(C)=O)C(=O)OC. The van der Waals surface area contributed by atoms with E-state index in [-0.39, 0.29) is 0 Å². The van der Waals surface area contributed by atoms with Crippen LogP contribution in [0.15, 0.2) is 28.9 Å². The second kappa shape index (κ2) is 7.88. The zero-order valence-electron chi connectivity index (χ0n) is 12.0. The third-order valence-electron chi connectivity index (χ3n) is 2.73. The summed E-state index contributed by atoms with van der Waals surface area (Å²) in [5, 5.41) is 2.41. The zero-order valence-corrected chi connectivity index (χ0v) is 12.0. The highest BCUT2D eigenvalue weighted by Gasteiger charge is 2.33. The number of esters is 1. The van der Waals surface area contributed by atoms with Gasteiger partial charge in [-0.3, -0.25) is 9.59 Å². The molecule has 21 heavy (non-hydrogen) atoms. The maximum atomic E-state index is 11.7. The van der Waals surface area contributed by atoms with Gasteiger partial charge in [0.15, 0.2) is 0 Å². The number of ether oxygens (including phenoxy) is 2. The Kier molecular flexibility index (Phi) is 6.19. The van der Waals surface area contributed by atoms with Crippen LogP contribution in [0.5, 0.6) is 0 Å². The first-order valence-corrected chi connectivity index (χ1v) is 6.14. The van der Waals surface area contributed by atoms with Crippen LogP contribution in [0, 0.1) is 5.92 Å². The molecule has 1 N–H and O–H groups in total. The Bertz CT molecular complexity index is 520. The van der Waals surface area contributed by atoms with Gasteiger partial charge in [0.1, 0.15) is 17.5 Å². The molecule has 0 aliphatic heterocycles. The van der Waals surface area contributed by atoms with Gasteiger partial charge in [0.05, 0.1) is 26.5 Å². The lowest BCUT2D eigenvalue weighted by molar-refractivity contribution is -0.149. The van der Waals surface area contributed by atoms with Crippen LogP contribution in [0.2, 0.25) is 0 Å². The molecule has 0 saturated carbocycles. The van der Waals surface area contributed by atoms with Crippen molar-refractivity contribution in [2.75, 3.05) is 14.2 Å². The number of furan rings is 1. The van der Waals surface area contributed by atoms with Gasteiger partial charge in [0.25, 0.3) is 0 Å². The summed E-state index contributed by atoms with van der Waals surface area (Å²) < 4.78 is 14.2. The van der Waals surface area contributed by atoms with E-state index < -0.39 is 29.8 Å². The summed E-state index contributed by atoms with van der Waals surface area (Å²) in [5.74, 6) is -1.83. The fourth-order valence-electron chi connectivity index (χ4n) is 1.71. The Balaban J connectivity index is 3.01. The molecular formula is C14H17NO6. The largest absolute Gasteiger partial charge is 0.468 e. The number of methoxy groups -OCH3 is 2. The molecule has 1 heterocycles. The summed E-state index contributed by atoms with van der Waals surface area (Å²) in [6.45, 7) is 1.24. The molecule has 0 spiro atoms.